The van der Waals surface area contributed by atoms with Crippen LogP contribution in [-0.4, -0.2) is 15.0 Å². The zero-order valence-corrected chi connectivity index (χ0v) is 11.3. The zero-order chi connectivity index (χ0) is 12.7. The van der Waals surface area contributed by atoms with Gasteiger partial charge in [0, 0.05) is 12.3 Å². The lowest BCUT2D eigenvalue weighted by atomic mass is 10.3. The van der Waals surface area contributed by atoms with Gasteiger partial charge in [-0.15, -0.1) is 0 Å². The van der Waals surface area contributed by atoms with Crippen LogP contribution in [0.15, 0.2) is 34.9 Å². The lowest BCUT2D eigenvalue weighted by molar-refractivity contribution is 0.623. The van der Waals surface area contributed by atoms with Crippen LogP contribution < -0.4 is 0 Å². The van der Waals surface area contributed by atoms with Gasteiger partial charge < -0.3 is 4.98 Å². The maximum absolute atomic E-state index is 13.4. The molecule has 0 aliphatic carbocycles. The number of rotatable bonds is 1. The molecule has 3 rings (SSSR count). The molecule has 0 unspecified atom stereocenters. The first-order chi connectivity index (χ1) is 8.63. The summed E-state index contributed by atoms with van der Waals surface area (Å²) >= 11 is 8.90. The van der Waals surface area contributed by atoms with Crippen LogP contribution in [0.4, 0.5) is 4.39 Å². The first kappa shape index (κ1) is 11.6. The van der Waals surface area contributed by atoms with Crippen LogP contribution in [0.2, 0.25) is 5.02 Å². The predicted octanol–water partition coefficient (Wildman–Crippen LogP) is 4.18. The Labute approximate surface area is 115 Å². The van der Waals surface area contributed by atoms with Gasteiger partial charge in [0.15, 0.2) is 5.82 Å². The summed E-state index contributed by atoms with van der Waals surface area (Å²) in [4.78, 5) is 11.5. The predicted molar refractivity (Wildman–Crippen MR) is 72.0 cm³/mol. The van der Waals surface area contributed by atoms with E-state index in [0.717, 1.165) is 0 Å². The number of aromatic nitrogens is 3. The lowest BCUT2D eigenvalue weighted by Crippen LogP contribution is -1.84. The van der Waals surface area contributed by atoms with Crippen molar-refractivity contribution in [1.82, 2.24) is 15.0 Å². The lowest BCUT2D eigenvalue weighted by Gasteiger charge is -1.94. The van der Waals surface area contributed by atoms with E-state index in [0.29, 0.717) is 32.0 Å². The highest BCUT2D eigenvalue weighted by Crippen LogP contribution is 2.24. The molecule has 0 atom stereocenters. The fourth-order valence-corrected chi connectivity index (χ4v) is 2.09. The zero-order valence-electron chi connectivity index (χ0n) is 8.92. The second-order valence-electron chi connectivity index (χ2n) is 3.73. The number of hydrogen-bond donors (Lipinski definition) is 1. The highest BCUT2D eigenvalue weighted by Gasteiger charge is 2.09. The topological polar surface area (TPSA) is 41.6 Å². The third-order valence-corrected chi connectivity index (χ3v) is 3.33. The number of fused-ring (bicyclic) bond motifs is 1. The average molecular weight is 327 g/mol. The molecule has 0 aliphatic rings. The van der Waals surface area contributed by atoms with Gasteiger partial charge in [-0.1, -0.05) is 11.6 Å². The molecule has 1 N–H and O–H groups in total. The molecule has 6 heteroatoms. The van der Waals surface area contributed by atoms with Crippen LogP contribution >= 0.6 is 27.5 Å². The highest BCUT2D eigenvalue weighted by atomic mass is 79.9. The molecule has 3 nitrogen and oxygen atoms in total. The molecule has 0 amide bonds. The normalized spacial score (nSPS) is 11.1. The molecule has 2 heterocycles. The summed E-state index contributed by atoms with van der Waals surface area (Å²) in [5, 5.41) is 0.559. The Balaban J connectivity index is 2.16. The first-order valence-corrected chi connectivity index (χ1v) is 6.27. The molecule has 18 heavy (non-hydrogen) atoms. The van der Waals surface area contributed by atoms with Gasteiger partial charge in [0.1, 0.15) is 11.5 Å². The molecule has 0 saturated carbocycles. The molecule has 0 aliphatic heterocycles. The van der Waals surface area contributed by atoms with E-state index in [2.05, 4.69) is 30.9 Å². The van der Waals surface area contributed by atoms with Gasteiger partial charge in [-0.3, -0.25) is 4.98 Å². The maximum Gasteiger partial charge on any atom is 0.157 e. The Hall–Kier alpha value is -1.46. The smallest absolute Gasteiger partial charge is 0.157 e. The quantitative estimate of drug-likeness (QED) is 0.729. The van der Waals surface area contributed by atoms with Crippen LogP contribution in [0.5, 0.6) is 0 Å². The molecule has 90 valence electrons. The van der Waals surface area contributed by atoms with E-state index >= 15 is 0 Å². The number of hydrogen-bond acceptors (Lipinski definition) is 2. The number of nitrogens with one attached hydrogen (secondary N) is 1. The second kappa shape index (κ2) is 4.33. The Morgan fingerprint density at radius 2 is 2.11 bits per heavy atom. The van der Waals surface area contributed by atoms with Crippen LogP contribution in [0.3, 0.4) is 0 Å². The molecule has 2 aromatic heterocycles. The highest BCUT2D eigenvalue weighted by molar-refractivity contribution is 9.10. The molecule has 0 radical (unpaired) electrons. The largest absolute Gasteiger partial charge is 0.337 e. The molecule has 3 aromatic rings. The molecular formula is C12H6BrClFN3. The van der Waals surface area contributed by atoms with Crippen molar-refractivity contribution in [3.05, 3.63) is 45.8 Å². The van der Waals surface area contributed by atoms with Crippen molar-refractivity contribution in [3.8, 4) is 11.5 Å². The Kier molecular flexibility index (Phi) is 2.80. The van der Waals surface area contributed by atoms with E-state index in [9.17, 15) is 4.39 Å². The fraction of sp³-hybridized carbons (Fsp3) is 0. The second-order valence-corrected chi connectivity index (χ2v) is 5.02. The van der Waals surface area contributed by atoms with Crippen molar-refractivity contribution in [1.29, 1.82) is 0 Å². The Bertz CT molecular complexity index is 685. The van der Waals surface area contributed by atoms with Crippen molar-refractivity contribution >= 4 is 38.6 Å². The third-order valence-electron chi connectivity index (χ3n) is 2.49. The number of H-pyrrole nitrogens is 1. The van der Waals surface area contributed by atoms with Crippen molar-refractivity contribution in [2.45, 2.75) is 0 Å². The maximum atomic E-state index is 13.4. The summed E-state index contributed by atoms with van der Waals surface area (Å²) < 4.78 is 13.8. The molecule has 0 saturated heterocycles. The summed E-state index contributed by atoms with van der Waals surface area (Å²) in [6.45, 7) is 0. The Morgan fingerprint density at radius 1 is 1.28 bits per heavy atom. The third kappa shape index (κ3) is 2.00. The van der Waals surface area contributed by atoms with Crippen molar-refractivity contribution in [2.75, 3.05) is 0 Å². The van der Waals surface area contributed by atoms with E-state index in [1.165, 1.54) is 6.07 Å². The van der Waals surface area contributed by atoms with Crippen molar-refractivity contribution < 1.29 is 4.39 Å². The van der Waals surface area contributed by atoms with Crippen LogP contribution in [-0.2, 0) is 0 Å². The van der Waals surface area contributed by atoms with E-state index in [1.807, 2.05) is 0 Å². The first-order valence-electron chi connectivity index (χ1n) is 5.10. The standard InChI is InChI=1S/C12H6BrClFN3/c13-7-3-10-11(4-8(7)15)18-12(17-10)9-2-1-6(14)5-16-9/h1-5H,(H,17,18). The Morgan fingerprint density at radius 3 is 2.83 bits per heavy atom. The fourth-order valence-electron chi connectivity index (χ4n) is 1.64. The minimum absolute atomic E-state index is 0.332. The van der Waals surface area contributed by atoms with E-state index in [4.69, 9.17) is 11.6 Å². The van der Waals surface area contributed by atoms with Gasteiger partial charge in [0.25, 0.3) is 0 Å². The molecular weight excluding hydrogens is 321 g/mol. The number of pyridine rings is 1. The van der Waals surface area contributed by atoms with Crippen LogP contribution in [0, 0.1) is 5.82 Å². The van der Waals surface area contributed by atoms with Crippen molar-refractivity contribution in [2.24, 2.45) is 0 Å². The SMILES string of the molecule is Fc1cc2[nH]c(-c3ccc(Cl)cn3)nc2cc1Br. The summed E-state index contributed by atoms with van der Waals surface area (Å²) in [6.07, 6.45) is 1.54. The van der Waals surface area contributed by atoms with Gasteiger partial charge in [-0.2, -0.15) is 0 Å². The molecule has 1 aromatic carbocycles. The summed E-state index contributed by atoms with van der Waals surface area (Å²) in [5.74, 6) is 0.251. The number of imidazole rings is 1. The average Bonchev–Trinajstić information content (AvgIpc) is 2.73. The van der Waals surface area contributed by atoms with E-state index in [-0.39, 0.29) is 5.82 Å². The van der Waals surface area contributed by atoms with Gasteiger partial charge in [-0.05, 0) is 34.1 Å². The molecule has 0 bridgehead atoms. The summed E-state index contributed by atoms with van der Waals surface area (Å²) in [6, 6.07) is 6.51. The summed E-state index contributed by atoms with van der Waals surface area (Å²) in [5.41, 5.74) is 1.96. The van der Waals surface area contributed by atoms with Crippen LogP contribution in [0.25, 0.3) is 22.6 Å². The van der Waals surface area contributed by atoms with Gasteiger partial charge in [0.2, 0.25) is 0 Å². The van der Waals surface area contributed by atoms with Gasteiger partial charge >= 0.3 is 0 Å². The van der Waals surface area contributed by atoms with Gasteiger partial charge in [-0.25, -0.2) is 9.37 Å². The van der Waals surface area contributed by atoms with E-state index < -0.39 is 0 Å². The van der Waals surface area contributed by atoms with Gasteiger partial charge in [0.05, 0.1) is 20.5 Å². The summed E-state index contributed by atoms with van der Waals surface area (Å²) in [7, 11) is 0. The molecule has 0 spiro atoms. The molecule has 0 fully saturated rings. The number of benzene rings is 1. The van der Waals surface area contributed by atoms with Crippen molar-refractivity contribution in [3.63, 3.8) is 0 Å². The monoisotopic (exact) mass is 325 g/mol. The van der Waals surface area contributed by atoms with Crippen LogP contribution in [0.1, 0.15) is 0 Å². The van der Waals surface area contributed by atoms with E-state index in [1.54, 1.807) is 24.4 Å². The minimum Gasteiger partial charge on any atom is -0.337 e. The number of halogens is 3. The number of nitrogens with zero attached hydrogens (tertiary/aromatic N) is 2. The number of aromatic amines is 1. The minimum atomic E-state index is -0.332.